The maximum absolute atomic E-state index is 10.2. The summed E-state index contributed by atoms with van der Waals surface area (Å²) in [5.74, 6) is -1.76. The number of hydrogen-bond acceptors (Lipinski definition) is 6. The molecular weight excluding hydrogens is 364 g/mol. The average Bonchev–Trinajstić information content (AvgIpc) is 2.75. The fraction of sp³-hybridized carbons (Fsp3) is 0. The van der Waals surface area contributed by atoms with Crippen LogP contribution in [0, 0.1) is 4.91 Å². The topological polar surface area (TPSA) is 136 Å². The Hall–Kier alpha value is -4.04. The van der Waals surface area contributed by atoms with Crippen molar-refractivity contribution >= 4 is 23.3 Å². The normalized spacial score (nSPS) is 8.89. The minimum absolute atomic E-state index is 0.199. The van der Waals surface area contributed by atoms with Gasteiger partial charge in [-0.2, -0.15) is 0 Å². The van der Waals surface area contributed by atoms with Gasteiger partial charge in [-0.1, -0.05) is 48.5 Å². The molecule has 0 heterocycles. The van der Waals surface area contributed by atoms with E-state index in [-0.39, 0.29) is 5.69 Å². The Balaban J connectivity index is 0.000000210. The van der Waals surface area contributed by atoms with Crippen molar-refractivity contribution in [2.75, 3.05) is 5.48 Å². The van der Waals surface area contributed by atoms with Crippen LogP contribution in [0.2, 0.25) is 0 Å². The zero-order chi connectivity index (χ0) is 20.8. The summed E-state index contributed by atoms with van der Waals surface area (Å²) in [6, 6.07) is 23.0. The second kappa shape index (κ2) is 12.3. The molecule has 0 radical (unpaired) electrons. The van der Waals surface area contributed by atoms with E-state index in [4.69, 9.17) is 15.4 Å². The van der Waals surface area contributed by atoms with Crippen LogP contribution in [0.3, 0.4) is 0 Å². The van der Waals surface area contributed by atoms with Gasteiger partial charge in [0, 0.05) is 0 Å². The molecule has 3 rings (SSSR count). The molecule has 0 unspecified atom stereocenters. The zero-order valence-electron chi connectivity index (χ0n) is 14.6. The van der Waals surface area contributed by atoms with Gasteiger partial charge in [-0.3, -0.25) is 10.7 Å². The Bertz CT molecular complexity index is 836. The maximum Gasteiger partial charge on any atom is 0.335 e. The quantitative estimate of drug-likeness (QED) is 0.380. The summed E-state index contributed by atoms with van der Waals surface area (Å²) in [7, 11) is 0. The van der Waals surface area contributed by atoms with E-state index in [1.54, 1.807) is 78.9 Å². The van der Waals surface area contributed by atoms with Crippen LogP contribution < -0.4 is 5.48 Å². The van der Waals surface area contributed by atoms with Gasteiger partial charge in [-0.25, -0.2) is 9.59 Å². The summed E-state index contributed by atoms with van der Waals surface area (Å²) < 4.78 is 0. The molecule has 28 heavy (non-hydrogen) atoms. The minimum Gasteiger partial charge on any atom is -0.478 e. The Labute approximate surface area is 160 Å². The number of rotatable bonds is 4. The van der Waals surface area contributed by atoms with E-state index >= 15 is 0 Å². The lowest BCUT2D eigenvalue weighted by molar-refractivity contribution is 0.0686. The van der Waals surface area contributed by atoms with Crippen LogP contribution in [0.5, 0.6) is 0 Å². The fourth-order valence-corrected chi connectivity index (χ4v) is 1.81. The molecule has 8 nitrogen and oxygen atoms in total. The number of carboxylic acid groups (broad SMARTS) is 2. The molecule has 0 spiro atoms. The van der Waals surface area contributed by atoms with E-state index in [0.717, 1.165) is 0 Å². The molecule has 3 aromatic rings. The number of carbonyl (C=O) groups is 2. The Kier molecular flexibility index (Phi) is 9.69. The van der Waals surface area contributed by atoms with Crippen molar-refractivity contribution in [3.8, 4) is 0 Å². The molecule has 0 aromatic heterocycles. The maximum atomic E-state index is 10.2. The third-order valence-electron chi connectivity index (χ3n) is 3.16. The van der Waals surface area contributed by atoms with Crippen LogP contribution in [-0.4, -0.2) is 27.4 Å². The predicted molar refractivity (Wildman–Crippen MR) is 104 cm³/mol. The van der Waals surface area contributed by atoms with Gasteiger partial charge in [0.2, 0.25) is 0 Å². The van der Waals surface area contributed by atoms with Gasteiger partial charge in [-0.05, 0) is 41.6 Å². The van der Waals surface area contributed by atoms with Crippen molar-refractivity contribution in [2.45, 2.75) is 0 Å². The number of para-hydroxylation sites is 1. The highest BCUT2D eigenvalue weighted by molar-refractivity contribution is 5.87. The molecule has 144 valence electrons. The number of benzene rings is 3. The molecule has 0 saturated carbocycles. The third-order valence-corrected chi connectivity index (χ3v) is 3.16. The molecule has 0 aliphatic carbocycles. The first-order valence-corrected chi connectivity index (χ1v) is 7.88. The van der Waals surface area contributed by atoms with E-state index < -0.39 is 11.9 Å². The van der Waals surface area contributed by atoms with E-state index in [1.807, 2.05) is 5.48 Å². The Morgan fingerprint density at radius 2 is 1.07 bits per heavy atom. The molecule has 0 amide bonds. The summed E-state index contributed by atoms with van der Waals surface area (Å²) in [5, 5.41) is 27.8. The largest absolute Gasteiger partial charge is 0.478 e. The lowest BCUT2D eigenvalue weighted by Crippen LogP contribution is -1.93. The molecule has 0 saturated heterocycles. The Morgan fingerprint density at radius 1 is 0.679 bits per heavy atom. The van der Waals surface area contributed by atoms with Crippen molar-refractivity contribution in [2.24, 2.45) is 5.18 Å². The monoisotopic (exact) mass is 382 g/mol. The first kappa shape index (κ1) is 22.0. The van der Waals surface area contributed by atoms with Crippen LogP contribution in [0.15, 0.2) is 90.1 Å². The lowest BCUT2D eigenvalue weighted by atomic mass is 10.2. The molecular formula is C20H18N2O6. The molecule has 0 bridgehead atoms. The number of nitrogens with zero attached hydrogens (tertiary/aromatic N) is 1. The van der Waals surface area contributed by atoms with E-state index in [2.05, 4.69) is 5.18 Å². The standard InChI is InChI=1S/2C7H6O2.C6H6N2O2/c2*8-7(9)6-4-2-1-3-5-6;9-7-5-3-1-2-4-6(5)8-10/h2*1-5H,(H,8,9);1-4,7,9H. The van der Waals surface area contributed by atoms with Crippen LogP contribution in [0.1, 0.15) is 20.7 Å². The summed E-state index contributed by atoms with van der Waals surface area (Å²) >= 11 is 0. The lowest BCUT2D eigenvalue weighted by Gasteiger charge is -1.97. The first-order valence-electron chi connectivity index (χ1n) is 7.88. The summed E-state index contributed by atoms with van der Waals surface area (Å²) in [6.07, 6.45) is 0. The van der Waals surface area contributed by atoms with Gasteiger partial charge in [0.1, 0.15) is 5.69 Å². The average molecular weight is 382 g/mol. The summed E-state index contributed by atoms with van der Waals surface area (Å²) in [4.78, 5) is 30.4. The zero-order valence-corrected chi connectivity index (χ0v) is 14.6. The molecule has 8 heteroatoms. The summed E-state index contributed by atoms with van der Waals surface area (Å²) in [6.45, 7) is 0. The Morgan fingerprint density at radius 3 is 1.36 bits per heavy atom. The van der Waals surface area contributed by atoms with Crippen molar-refractivity contribution < 1.29 is 25.0 Å². The highest BCUT2D eigenvalue weighted by Crippen LogP contribution is 2.22. The van der Waals surface area contributed by atoms with Crippen molar-refractivity contribution in [1.29, 1.82) is 0 Å². The van der Waals surface area contributed by atoms with Gasteiger partial charge < -0.3 is 10.2 Å². The molecule has 3 aromatic carbocycles. The smallest absolute Gasteiger partial charge is 0.335 e. The molecule has 0 fully saturated rings. The van der Waals surface area contributed by atoms with E-state index in [9.17, 15) is 14.5 Å². The highest BCUT2D eigenvalue weighted by Gasteiger charge is 1.98. The van der Waals surface area contributed by atoms with E-state index in [1.165, 1.54) is 6.07 Å². The minimum atomic E-state index is -0.879. The SMILES string of the molecule is O=C(O)c1ccccc1.O=C(O)c1ccccc1.O=Nc1ccccc1NO. The van der Waals surface area contributed by atoms with Crippen molar-refractivity contribution in [3.63, 3.8) is 0 Å². The second-order valence-corrected chi connectivity index (χ2v) is 5.06. The van der Waals surface area contributed by atoms with Gasteiger partial charge in [0.05, 0.1) is 16.8 Å². The highest BCUT2D eigenvalue weighted by atomic mass is 16.5. The fourth-order valence-electron chi connectivity index (χ4n) is 1.81. The number of anilines is 1. The van der Waals surface area contributed by atoms with Crippen LogP contribution in [-0.2, 0) is 0 Å². The number of nitroso groups, excluding NO2 is 1. The van der Waals surface area contributed by atoms with Gasteiger partial charge in [0.15, 0.2) is 0 Å². The molecule has 0 aliphatic heterocycles. The molecule has 0 atom stereocenters. The number of nitrogens with one attached hydrogen (secondary N) is 1. The van der Waals surface area contributed by atoms with Gasteiger partial charge in [-0.15, -0.1) is 4.91 Å². The van der Waals surface area contributed by atoms with Gasteiger partial charge in [0.25, 0.3) is 0 Å². The first-order chi connectivity index (χ1) is 13.5. The van der Waals surface area contributed by atoms with Crippen molar-refractivity contribution in [3.05, 3.63) is 101 Å². The number of aromatic carboxylic acids is 2. The molecule has 4 N–H and O–H groups in total. The van der Waals surface area contributed by atoms with Crippen molar-refractivity contribution in [1.82, 2.24) is 0 Å². The van der Waals surface area contributed by atoms with Crippen LogP contribution in [0.4, 0.5) is 11.4 Å². The van der Waals surface area contributed by atoms with Gasteiger partial charge >= 0.3 is 11.9 Å². The third kappa shape index (κ3) is 7.89. The predicted octanol–water partition coefficient (Wildman–Crippen LogP) is 4.66. The second-order valence-electron chi connectivity index (χ2n) is 5.06. The van der Waals surface area contributed by atoms with Crippen LogP contribution in [0.25, 0.3) is 0 Å². The molecule has 0 aliphatic rings. The number of carboxylic acids is 2. The van der Waals surface area contributed by atoms with Crippen LogP contribution >= 0.6 is 0 Å². The number of hydrogen-bond donors (Lipinski definition) is 4. The van der Waals surface area contributed by atoms with E-state index in [0.29, 0.717) is 16.8 Å². The summed E-state index contributed by atoms with van der Waals surface area (Å²) in [5.41, 5.74) is 3.03.